The second-order valence-corrected chi connectivity index (χ2v) is 4.18. The molecule has 1 rings (SSSR count). The minimum absolute atomic E-state index is 0. The van der Waals surface area contributed by atoms with E-state index in [4.69, 9.17) is 28.6 Å². The van der Waals surface area contributed by atoms with E-state index in [1.165, 1.54) is 12.2 Å². The van der Waals surface area contributed by atoms with Crippen molar-refractivity contribution in [2.45, 2.75) is 6.92 Å². The zero-order valence-corrected chi connectivity index (χ0v) is 12.5. The summed E-state index contributed by atoms with van der Waals surface area (Å²) in [6.45, 7) is 2.40. The van der Waals surface area contributed by atoms with Crippen molar-refractivity contribution in [2.24, 2.45) is 0 Å². The Labute approximate surface area is 128 Å². The summed E-state index contributed by atoms with van der Waals surface area (Å²) in [7, 11) is 0. The van der Waals surface area contributed by atoms with Crippen LogP contribution in [0.15, 0.2) is 24.3 Å². The van der Waals surface area contributed by atoms with Crippen LogP contribution in [0.1, 0.15) is 12.5 Å². The summed E-state index contributed by atoms with van der Waals surface area (Å²) < 4.78 is 0. The van der Waals surface area contributed by atoms with Crippen LogP contribution in [0, 0.1) is 5.41 Å². The van der Waals surface area contributed by atoms with Crippen molar-refractivity contribution in [3.63, 3.8) is 0 Å². The highest BCUT2D eigenvalue weighted by atomic mass is 35.5. The van der Waals surface area contributed by atoms with Gasteiger partial charge in [0, 0.05) is 28.2 Å². The first-order valence-electron chi connectivity index (χ1n) is 5.30. The van der Waals surface area contributed by atoms with Crippen molar-refractivity contribution < 1.29 is 4.79 Å². The van der Waals surface area contributed by atoms with Crippen molar-refractivity contribution >= 4 is 53.6 Å². The summed E-state index contributed by atoms with van der Waals surface area (Å²) in [5.74, 6) is -0.464. The molecule has 0 atom stereocenters. The number of rotatable bonds is 3. The lowest BCUT2D eigenvalue weighted by Crippen LogP contribution is -2.39. The predicted molar refractivity (Wildman–Crippen MR) is 82.3 cm³/mol. The molecule has 1 amide bonds. The molecule has 0 saturated carbocycles. The molecule has 0 aliphatic carbocycles. The predicted octanol–water partition coefficient (Wildman–Crippen LogP) is 3.09. The first kappa shape index (κ1) is 17.8. The third-order valence-electron chi connectivity index (χ3n) is 2.00. The minimum atomic E-state index is -0.420. The molecule has 0 bridgehead atoms. The van der Waals surface area contributed by atoms with Gasteiger partial charge in [-0.1, -0.05) is 29.3 Å². The van der Waals surface area contributed by atoms with Gasteiger partial charge in [0.15, 0.2) is 5.96 Å². The van der Waals surface area contributed by atoms with Crippen molar-refractivity contribution in [1.29, 1.82) is 5.41 Å². The van der Waals surface area contributed by atoms with Crippen LogP contribution in [0.5, 0.6) is 0 Å². The Balaban J connectivity index is 0.00000324. The second-order valence-electron chi connectivity index (χ2n) is 3.36. The van der Waals surface area contributed by atoms with Gasteiger partial charge in [-0.25, -0.2) is 0 Å². The van der Waals surface area contributed by atoms with Gasteiger partial charge in [0.2, 0.25) is 0 Å². The van der Waals surface area contributed by atoms with Crippen LogP contribution in [0.25, 0.3) is 6.08 Å². The second kappa shape index (κ2) is 8.80. The molecule has 0 unspecified atom stereocenters. The maximum atomic E-state index is 11.5. The Bertz CT molecular complexity index is 469. The summed E-state index contributed by atoms with van der Waals surface area (Å²) in [6, 6.07) is 5.10. The largest absolute Gasteiger partial charge is 0.357 e. The summed E-state index contributed by atoms with van der Waals surface area (Å²) in [6.07, 6.45) is 2.79. The van der Waals surface area contributed by atoms with Crippen LogP contribution in [0.2, 0.25) is 10.0 Å². The van der Waals surface area contributed by atoms with Gasteiger partial charge in [0.05, 0.1) is 0 Å². The lowest BCUT2D eigenvalue weighted by atomic mass is 10.2. The summed E-state index contributed by atoms with van der Waals surface area (Å²) in [5, 5.41) is 13.3. The van der Waals surface area contributed by atoms with E-state index < -0.39 is 5.91 Å². The molecule has 19 heavy (non-hydrogen) atoms. The molecular formula is C12H14Cl3N3O. The van der Waals surface area contributed by atoms with Crippen LogP contribution in [0.3, 0.4) is 0 Å². The van der Waals surface area contributed by atoms with E-state index in [0.29, 0.717) is 22.2 Å². The number of amides is 1. The maximum Gasteiger partial charge on any atom is 0.250 e. The van der Waals surface area contributed by atoms with Gasteiger partial charge in [-0.3, -0.25) is 15.5 Å². The highest BCUT2D eigenvalue weighted by molar-refractivity contribution is 6.37. The first-order chi connectivity index (χ1) is 8.54. The van der Waals surface area contributed by atoms with Crippen LogP contribution in [-0.2, 0) is 4.79 Å². The molecule has 104 valence electrons. The molecule has 4 nitrogen and oxygen atoms in total. The fourth-order valence-electron chi connectivity index (χ4n) is 1.21. The zero-order chi connectivity index (χ0) is 13.5. The molecule has 0 heterocycles. The van der Waals surface area contributed by atoms with Crippen molar-refractivity contribution in [3.05, 3.63) is 39.9 Å². The Morgan fingerprint density at radius 1 is 1.37 bits per heavy atom. The molecule has 0 fully saturated rings. The molecule has 0 spiro atoms. The monoisotopic (exact) mass is 321 g/mol. The lowest BCUT2D eigenvalue weighted by molar-refractivity contribution is -0.115. The van der Waals surface area contributed by atoms with Gasteiger partial charge in [0.1, 0.15) is 0 Å². The molecule has 0 saturated heterocycles. The van der Waals surface area contributed by atoms with Crippen molar-refractivity contribution in [3.8, 4) is 0 Å². The van der Waals surface area contributed by atoms with Gasteiger partial charge in [0.25, 0.3) is 5.91 Å². The Morgan fingerprint density at radius 3 is 2.47 bits per heavy atom. The van der Waals surface area contributed by atoms with E-state index in [2.05, 4.69) is 10.6 Å². The topological polar surface area (TPSA) is 65.0 Å². The number of carbonyl (C=O) groups is 1. The van der Waals surface area contributed by atoms with E-state index in [9.17, 15) is 4.79 Å². The molecule has 0 aliphatic rings. The standard InChI is InChI=1S/C12H13Cl2N3O.ClH/c1-2-16-12(15)17-11(18)7-6-8-9(13)4-3-5-10(8)14;/h3-7H,2H2,1H3,(H3,15,16,17,18);1H. The third kappa shape index (κ3) is 5.96. The average molecular weight is 323 g/mol. The fraction of sp³-hybridized carbons (Fsp3) is 0.167. The summed E-state index contributed by atoms with van der Waals surface area (Å²) >= 11 is 11.9. The molecular weight excluding hydrogens is 309 g/mol. The van der Waals surface area contributed by atoms with E-state index >= 15 is 0 Å². The van der Waals surface area contributed by atoms with Crippen molar-refractivity contribution in [2.75, 3.05) is 6.54 Å². The maximum absolute atomic E-state index is 11.5. The quantitative estimate of drug-likeness (QED) is 0.455. The average Bonchev–Trinajstić information content (AvgIpc) is 2.28. The third-order valence-corrected chi connectivity index (χ3v) is 2.66. The number of hydrogen-bond acceptors (Lipinski definition) is 2. The van der Waals surface area contributed by atoms with Gasteiger partial charge >= 0.3 is 0 Å². The molecule has 1 aromatic rings. The number of hydrogen-bond donors (Lipinski definition) is 3. The Kier molecular flexibility index (Phi) is 8.23. The van der Waals surface area contributed by atoms with Crippen LogP contribution < -0.4 is 10.6 Å². The van der Waals surface area contributed by atoms with Gasteiger partial charge in [-0.05, 0) is 25.1 Å². The molecule has 3 N–H and O–H groups in total. The molecule has 7 heteroatoms. The van der Waals surface area contributed by atoms with Crippen molar-refractivity contribution in [1.82, 2.24) is 10.6 Å². The van der Waals surface area contributed by atoms with Crippen LogP contribution in [0.4, 0.5) is 0 Å². The number of halogens is 3. The molecule has 1 aromatic carbocycles. The van der Waals surface area contributed by atoms with E-state index in [0.717, 1.165) is 0 Å². The smallest absolute Gasteiger partial charge is 0.250 e. The number of nitrogens with one attached hydrogen (secondary N) is 3. The summed E-state index contributed by atoms with van der Waals surface area (Å²) in [4.78, 5) is 11.5. The minimum Gasteiger partial charge on any atom is -0.357 e. The lowest BCUT2D eigenvalue weighted by Gasteiger charge is -2.05. The molecule has 0 aromatic heterocycles. The van der Waals surface area contributed by atoms with Gasteiger partial charge in [-0.15, -0.1) is 12.4 Å². The van der Waals surface area contributed by atoms with Crippen LogP contribution >= 0.6 is 35.6 Å². The highest BCUT2D eigenvalue weighted by Gasteiger charge is 2.03. The van der Waals surface area contributed by atoms with E-state index in [1.54, 1.807) is 18.2 Å². The van der Waals surface area contributed by atoms with E-state index in [1.807, 2.05) is 6.92 Å². The van der Waals surface area contributed by atoms with E-state index in [-0.39, 0.29) is 18.4 Å². The molecule has 0 radical (unpaired) electrons. The van der Waals surface area contributed by atoms with Gasteiger partial charge in [-0.2, -0.15) is 0 Å². The Morgan fingerprint density at radius 2 is 1.95 bits per heavy atom. The highest BCUT2D eigenvalue weighted by Crippen LogP contribution is 2.25. The van der Waals surface area contributed by atoms with Gasteiger partial charge < -0.3 is 5.32 Å². The number of carbonyl (C=O) groups excluding carboxylic acids is 1. The Hall–Kier alpha value is -1.23. The number of guanidine groups is 1. The summed E-state index contributed by atoms with van der Waals surface area (Å²) in [5.41, 5.74) is 0.575. The normalized spacial score (nSPS) is 9.84. The number of benzene rings is 1. The van der Waals surface area contributed by atoms with Crippen LogP contribution in [-0.4, -0.2) is 18.4 Å². The zero-order valence-electron chi connectivity index (χ0n) is 10.2. The fourth-order valence-corrected chi connectivity index (χ4v) is 1.74. The SMILES string of the molecule is CCNC(=N)NC(=O)C=Cc1c(Cl)cccc1Cl.Cl. The first-order valence-corrected chi connectivity index (χ1v) is 6.05. The molecule has 0 aliphatic heterocycles.